The van der Waals surface area contributed by atoms with Crippen LogP contribution >= 0.6 is 15.9 Å². The first-order valence-corrected chi connectivity index (χ1v) is 8.76. The van der Waals surface area contributed by atoms with Crippen LogP contribution in [0, 0.1) is 0 Å². The second-order valence-electron chi connectivity index (χ2n) is 6.47. The third-order valence-corrected chi connectivity index (χ3v) is 5.46. The van der Waals surface area contributed by atoms with Gasteiger partial charge in [0.15, 0.2) is 5.96 Å². The van der Waals surface area contributed by atoms with Gasteiger partial charge in [0.2, 0.25) is 0 Å². The molecule has 0 saturated heterocycles. The number of rotatable bonds is 2. The molecule has 1 fully saturated rings. The highest BCUT2D eigenvalue weighted by Crippen LogP contribution is 2.38. The Balaban J connectivity index is 1.93. The second kappa shape index (κ2) is 5.99. The van der Waals surface area contributed by atoms with Gasteiger partial charge in [-0.3, -0.25) is 4.99 Å². The van der Waals surface area contributed by atoms with Crippen LogP contribution in [0.2, 0.25) is 0 Å². The highest BCUT2D eigenvalue weighted by molar-refractivity contribution is 9.10. The Bertz CT molecular complexity index is 535. The van der Waals surface area contributed by atoms with Crippen LogP contribution in [-0.2, 0) is 5.54 Å². The van der Waals surface area contributed by atoms with Gasteiger partial charge >= 0.3 is 0 Å². The first kappa shape index (κ1) is 14.9. The summed E-state index contributed by atoms with van der Waals surface area (Å²) in [6, 6.07) is 9.11. The number of guanidine groups is 1. The van der Waals surface area contributed by atoms with Crippen molar-refractivity contribution >= 4 is 21.9 Å². The van der Waals surface area contributed by atoms with E-state index in [2.05, 4.69) is 57.0 Å². The van der Waals surface area contributed by atoms with E-state index >= 15 is 0 Å². The van der Waals surface area contributed by atoms with Gasteiger partial charge in [-0.1, -0.05) is 53.7 Å². The molecule has 3 rings (SSSR count). The van der Waals surface area contributed by atoms with Crippen molar-refractivity contribution in [2.75, 3.05) is 6.54 Å². The van der Waals surface area contributed by atoms with E-state index in [1.165, 1.54) is 44.1 Å². The number of aliphatic imine (C=N–C) groups is 1. The molecule has 21 heavy (non-hydrogen) atoms. The number of nitrogens with zero attached hydrogens (tertiary/aromatic N) is 2. The molecule has 114 valence electrons. The average molecular weight is 350 g/mol. The number of hydrogen-bond acceptors (Lipinski definition) is 3. The van der Waals surface area contributed by atoms with E-state index in [1.807, 2.05) is 0 Å². The van der Waals surface area contributed by atoms with Crippen molar-refractivity contribution < 1.29 is 0 Å². The fraction of sp³-hybridized carbons (Fsp3) is 0.588. The SMILES string of the molecule is CC1(c2cccc(Br)c2)CN=C(N)N1C1CCCCCC1. The monoisotopic (exact) mass is 349 g/mol. The molecule has 0 radical (unpaired) electrons. The van der Waals surface area contributed by atoms with Crippen molar-refractivity contribution in [2.45, 2.75) is 57.0 Å². The van der Waals surface area contributed by atoms with E-state index < -0.39 is 0 Å². The summed E-state index contributed by atoms with van der Waals surface area (Å²) in [7, 11) is 0. The Morgan fingerprint density at radius 2 is 1.95 bits per heavy atom. The number of halogens is 1. The van der Waals surface area contributed by atoms with Crippen LogP contribution in [0.4, 0.5) is 0 Å². The molecule has 0 amide bonds. The minimum absolute atomic E-state index is 0.108. The van der Waals surface area contributed by atoms with Crippen LogP contribution in [-0.4, -0.2) is 23.4 Å². The van der Waals surface area contributed by atoms with Crippen LogP contribution in [0.25, 0.3) is 0 Å². The molecule has 4 heteroatoms. The zero-order valence-corrected chi connectivity index (χ0v) is 14.3. The lowest BCUT2D eigenvalue weighted by atomic mass is 9.88. The van der Waals surface area contributed by atoms with Gasteiger partial charge in [0.05, 0.1) is 12.1 Å². The average Bonchev–Trinajstić information content (AvgIpc) is 2.67. The Morgan fingerprint density at radius 1 is 1.24 bits per heavy atom. The lowest BCUT2D eigenvalue weighted by molar-refractivity contribution is 0.152. The van der Waals surface area contributed by atoms with Crippen molar-refractivity contribution in [3.63, 3.8) is 0 Å². The number of nitrogens with two attached hydrogens (primary N) is 1. The smallest absolute Gasteiger partial charge is 0.192 e. The highest BCUT2D eigenvalue weighted by atomic mass is 79.9. The van der Waals surface area contributed by atoms with Gasteiger partial charge in [0.25, 0.3) is 0 Å². The third kappa shape index (κ3) is 2.83. The van der Waals surface area contributed by atoms with Crippen molar-refractivity contribution in [1.29, 1.82) is 0 Å². The van der Waals surface area contributed by atoms with Crippen molar-refractivity contribution in [2.24, 2.45) is 10.7 Å². The standard InChI is InChI=1S/C17H24BrN3/c1-17(13-7-6-8-14(18)11-13)12-20-16(19)21(17)15-9-4-2-3-5-10-15/h6-8,11,15H,2-5,9-10,12H2,1H3,(H2,19,20). The minimum Gasteiger partial charge on any atom is -0.370 e. The van der Waals surface area contributed by atoms with Crippen LogP contribution in [0.3, 0.4) is 0 Å². The summed E-state index contributed by atoms with van der Waals surface area (Å²) < 4.78 is 1.12. The maximum absolute atomic E-state index is 6.28. The van der Waals surface area contributed by atoms with E-state index in [0.717, 1.165) is 17.0 Å². The molecule has 0 bridgehead atoms. The zero-order valence-electron chi connectivity index (χ0n) is 12.7. The van der Waals surface area contributed by atoms with Crippen LogP contribution in [0.15, 0.2) is 33.7 Å². The molecule has 1 atom stereocenters. The summed E-state index contributed by atoms with van der Waals surface area (Å²) in [4.78, 5) is 6.99. The topological polar surface area (TPSA) is 41.6 Å². The molecule has 1 saturated carbocycles. The zero-order chi connectivity index (χ0) is 14.9. The molecular formula is C17H24BrN3. The minimum atomic E-state index is -0.108. The predicted molar refractivity (Wildman–Crippen MR) is 91.3 cm³/mol. The fourth-order valence-corrected chi connectivity index (χ4v) is 4.20. The van der Waals surface area contributed by atoms with E-state index in [4.69, 9.17) is 5.73 Å². The maximum Gasteiger partial charge on any atom is 0.192 e. The molecule has 1 aromatic carbocycles. The molecule has 3 nitrogen and oxygen atoms in total. The molecule has 2 N–H and O–H groups in total. The lowest BCUT2D eigenvalue weighted by Gasteiger charge is -2.42. The van der Waals surface area contributed by atoms with Gasteiger partial charge in [-0.2, -0.15) is 0 Å². The van der Waals surface area contributed by atoms with Crippen molar-refractivity contribution in [3.05, 3.63) is 34.3 Å². The maximum atomic E-state index is 6.28. The molecular weight excluding hydrogens is 326 g/mol. The van der Waals surface area contributed by atoms with Crippen LogP contribution in [0.1, 0.15) is 51.0 Å². The lowest BCUT2D eigenvalue weighted by Crippen LogP contribution is -2.52. The van der Waals surface area contributed by atoms with Crippen LogP contribution < -0.4 is 5.73 Å². The molecule has 1 unspecified atom stereocenters. The first-order valence-electron chi connectivity index (χ1n) is 7.96. The first-order chi connectivity index (χ1) is 10.1. The molecule has 1 heterocycles. The number of hydrogen-bond donors (Lipinski definition) is 1. The van der Waals surface area contributed by atoms with E-state index in [1.54, 1.807) is 0 Å². The molecule has 1 aliphatic carbocycles. The Labute approximate surface area is 135 Å². The molecule has 2 aliphatic rings. The van der Waals surface area contributed by atoms with Gasteiger partial charge in [-0.25, -0.2) is 0 Å². The molecule has 0 spiro atoms. The summed E-state index contributed by atoms with van der Waals surface area (Å²) in [6.07, 6.45) is 7.80. The molecule has 1 aliphatic heterocycles. The third-order valence-electron chi connectivity index (χ3n) is 4.96. The van der Waals surface area contributed by atoms with Gasteiger partial charge in [-0.15, -0.1) is 0 Å². The molecule has 0 aromatic heterocycles. The van der Waals surface area contributed by atoms with E-state index in [0.29, 0.717) is 6.04 Å². The van der Waals surface area contributed by atoms with Crippen molar-refractivity contribution in [3.8, 4) is 0 Å². The fourth-order valence-electron chi connectivity index (χ4n) is 3.80. The summed E-state index contributed by atoms with van der Waals surface area (Å²) in [5, 5.41) is 0. The normalized spacial score (nSPS) is 27.5. The second-order valence-corrected chi connectivity index (χ2v) is 7.39. The van der Waals surface area contributed by atoms with Gasteiger partial charge < -0.3 is 10.6 Å². The summed E-state index contributed by atoms with van der Waals surface area (Å²) in [5.74, 6) is 0.726. The summed E-state index contributed by atoms with van der Waals surface area (Å²) in [6.45, 7) is 3.04. The quantitative estimate of drug-likeness (QED) is 0.819. The molecule has 1 aromatic rings. The van der Waals surface area contributed by atoms with Gasteiger partial charge in [0.1, 0.15) is 0 Å². The number of benzene rings is 1. The Hall–Kier alpha value is -1.03. The largest absolute Gasteiger partial charge is 0.370 e. The van der Waals surface area contributed by atoms with E-state index in [9.17, 15) is 0 Å². The predicted octanol–water partition coefficient (Wildman–Crippen LogP) is 4.02. The van der Waals surface area contributed by atoms with E-state index in [-0.39, 0.29) is 5.54 Å². The summed E-state index contributed by atoms with van der Waals surface area (Å²) in [5.41, 5.74) is 7.46. The summed E-state index contributed by atoms with van der Waals surface area (Å²) >= 11 is 3.59. The Kier molecular flexibility index (Phi) is 4.25. The van der Waals surface area contributed by atoms with Gasteiger partial charge in [-0.05, 0) is 37.5 Å². The highest BCUT2D eigenvalue weighted by Gasteiger charge is 2.43. The Morgan fingerprint density at radius 3 is 2.62 bits per heavy atom. The van der Waals surface area contributed by atoms with Crippen LogP contribution in [0.5, 0.6) is 0 Å². The van der Waals surface area contributed by atoms with Crippen molar-refractivity contribution in [1.82, 2.24) is 4.90 Å². The van der Waals surface area contributed by atoms with Gasteiger partial charge in [0, 0.05) is 10.5 Å².